The number of hydrogen-bond acceptors (Lipinski definition) is 4. The van der Waals surface area contributed by atoms with Gasteiger partial charge in [0, 0.05) is 24.1 Å². The lowest BCUT2D eigenvalue weighted by Gasteiger charge is -2.23. The van der Waals surface area contributed by atoms with Gasteiger partial charge in [0.05, 0.1) is 11.4 Å². The summed E-state index contributed by atoms with van der Waals surface area (Å²) in [6.45, 7) is 6.31. The van der Waals surface area contributed by atoms with E-state index in [-0.39, 0.29) is 6.17 Å². The van der Waals surface area contributed by atoms with E-state index in [1.807, 2.05) is 18.2 Å². The van der Waals surface area contributed by atoms with Gasteiger partial charge in [0.1, 0.15) is 6.17 Å². The van der Waals surface area contributed by atoms with Crippen LogP contribution in [0.3, 0.4) is 0 Å². The molecule has 27 heavy (non-hydrogen) atoms. The molecular weight excluding hydrogens is 332 g/mol. The van der Waals surface area contributed by atoms with Gasteiger partial charge in [0.25, 0.3) is 0 Å². The zero-order chi connectivity index (χ0) is 19.0. The van der Waals surface area contributed by atoms with Crippen molar-refractivity contribution in [2.45, 2.75) is 13.1 Å². The molecule has 0 spiro atoms. The van der Waals surface area contributed by atoms with Crippen LogP contribution in [0.25, 0.3) is 5.70 Å². The quantitative estimate of drug-likeness (QED) is 0.561. The number of aryl methyl sites for hydroxylation is 1. The Morgan fingerprint density at radius 2 is 1.85 bits per heavy atom. The van der Waals surface area contributed by atoms with E-state index in [0.717, 1.165) is 34.0 Å². The van der Waals surface area contributed by atoms with Crippen molar-refractivity contribution in [3.8, 4) is 0 Å². The molecule has 3 aromatic rings. The summed E-state index contributed by atoms with van der Waals surface area (Å²) in [7, 11) is 2.10. The van der Waals surface area contributed by atoms with Crippen LogP contribution in [-0.4, -0.2) is 7.05 Å². The molecule has 4 heteroatoms. The van der Waals surface area contributed by atoms with Gasteiger partial charge in [-0.25, -0.2) is 0 Å². The summed E-state index contributed by atoms with van der Waals surface area (Å²) >= 11 is 0. The van der Waals surface area contributed by atoms with Gasteiger partial charge in [-0.2, -0.15) is 0 Å². The van der Waals surface area contributed by atoms with E-state index in [1.54, 1.807) is 0 Å². The SMILES string of the molecule is C=C(Nc1cccc(C)c1)c1ccc2c(c1)N(C)C(c1ccc(N)cc1)N2. The lowest BCUT2D eigenvalue weighted by Crippen LogP contribution is -2.23. The minimum Gasteiger partial charge on any atom is -0.399 e. The molecule has 0 aromatic heterocycles. The second-order valence-electron chi connectivity index (χ2n) is 7.03. The maximum absolute atomic E-state index is 5.82. The molecule has 4 nitrogen and oxygen atoms in total. The van der Waals surface area contributed by atoms with E-state index in [0.29, 0.717) is 0 Å². The first kappa shape index (κ1) is 17.0. The van der Waals surface area contributed by atoms with Crippen molar-refractivity contribution >= 4 is 28.4 Å². The standard InChI is InChI=1S/C23H24N4/c1-15-5-4-6-20(13-15)25-16(2)18-9-12-21-22(14-18)27(3)23(26-21)17-7-10-19(24)11-8-17/h4-14,23,25-26H,2,24H2,1,3H3. The summed E-state index contributed by atoms with van der Waals surface area (Å²) < 4.78 is 0. The first-order valence-electron chi connectivity index (χ1n) is 9.03. The third-order valence-corrected chi connectivity index (χ3v) is 4.97. The van der Waals surface area contributed by atoms with Crippen LogP contribution in [-0.2, 0) is 0 Å². The molecular formula is C23H24N4. The minimum atomic E-state index is 0.0915. The Bertz CT molecular complexity index is 992. The fraction of sp³-hybridized carbons (Fsp3) is 0.130. The highest BCUT2D eigenvalue weighted by atomic mass is 15.3. The van der Waals surface area contributed by atoms with Crippen molar-refractivity contribution in [2.75, 3.05) is 28.3 Å². The molecule has 0 fully saturated rings. The predicted molar refractivity (Wildman–Crippen MR) is 116 cm³/mol. The number of hydrogen-bond donors (Lipinski definition) is 3. The van der Waals surface area contributed by atoms with Gasteiger partial charge in [-0.05, 0) is 60.0 Å². The number of nitrogen functional groups attached to an aromatic ring is 1. The Hall–Kier alpha value is -3.40. The maximum Gasteiger partial charge on any atom is 0.125 e. The number of benzene rings is 3. The molecule has 1 heterocycles. The monoisotopic (exact) mass is 356 g/mol. The fourth-order valence-corrected chi connectivity index (χ4v) is 3.47. The average Bonchev–Trinajstić information content (AvgIpc) is 2.98. The maximum atomic E-state index is 5.82. The van der Waals surface area contributed by atoms with Crippen LogP contribution in [0.1, 0.15) is 22.9 Å². The average molecular weight is 356 g/mol. The molecule has 0 bridgehead atoms. The summed E-state index contributed by atoms with van der Waals surface area (Å²) in [5.74, 6) is 0. The van der Waals surface area contributed by atoms with Gasteiger partial charge < -0.3 is 21.3 Å². The smallest absolute Gasteiger partial charge is 0.125 e. The zero-order valence-electron chi connectivity index (χ0n) is 15.7. The van der Waals surface area contributed by atoms with Crippen LogP contribution in [0.15, 0.2) is 73.3 Å². The third-order valence-electron chi connectivity index (χ3n) is 4.97. The van der Waals surface area contributed by atoms with Gasteiger partial charge in [-0.3, -0.25) is 0 Å². The summed E-state index contributed by atoms with van der Waals surface area (Å²) in [4.78, 5) is 2.24. The molecule has 0 amide bonds. The highest BCUT2D eigenvalue weighted by Crippen LogP contribution is 2.41. The number of rotatable bonds is 4. The largest absolute Gasteiger partial charge is 0.399 e. The summed E-state index contributed by atoms with van der Waals surface area (Å²) in [6, 6.07) is 22.7. The Balaban J connectivity index is 1.56. The van der Waals surface area contributed by atoms with Crippen LogP contribution in [0.2, 0.25) is 0 Å². The molecule has 1 aliphatic rings. The molecule has 0 saturated carbocycles. The molecule has 1 aliphatic heterocycles. The van der Waals surface area contributed by atoms with Crippen molar-refractivity contribution in [1.29, 1.82) is 0 Å². The highest BCUT2D eigenvalue weighted by molar-refractivity contribution is 5.83. The fourth-order valence-electron chi connectivity index (χ4n) is 3.47. The Morgan fingerprint density at radius 1 is 1.07 bits per heavy atom. The van der Waals surface area contributed by atoms with E-state index in [2.05, 4.69) is 84.6 Å². The lowest BCUT2D eigenvalue weighted by atomic mass is 10.1. The van der Waals surface area contributed by atoms with E-state index in [4.69, 9.17) is 5.73 Å². The van der Waals surface area contributed by atoms with E-state index < -0.39 is 0 Å². The van der Waals surface area contributed by atoms with Crippen molar-refractivity contribution < 1.29 is 0 Å². The summed E-state index contributed by atoms with van der Waals surface area (Å²) in [5.41, 5.74) is 14.3. The Labute approximate surface area is 160 Å². The van der Waals surface area contributed by atoms with Gasteiger partial charge >= 0.3 is 0 Å². The summed E-state index contributed by atoms with van der Waals surface area (Å²) in [6.07, 6.45) is 0.0915. The van der Waals surface area contributed by atoms with Gasteiger partial charge in [-0.15, -0.1) is 0 Å². The highest BCUT2D eigenvalue weighted by Gasteiger charge is 2.27. The summed E-state index contributed by atoms with van der Waals surface area (Å²) in [5, 5.41) is 6.99. The Morgan fingerprint density at radius 3 is 2.59 bits per heavy atom. The van der Waals surface area contributed by atoms with Crippen LogP contribution in [0, 0.1) is 6.92 Å². The second kappa shape index (κ2) is 6.72. The number of anilines is 4. The number of nitrogens with one attached hydrogen (secondary N) is 2. The topological polar surface area (TPSA) is 53.3 Å². The molecule has 4 rings (SSSR count). The Kier molecular flexibility index (Phi) is 4.24. The first-order chi connectivity index (χ1) is 13.0. The first-order valence-corrected chi connectivity index (χ1v) is 9.03. The molecule has 0 saturated heterocycles. The minimum absolute atomic E-state index is 0.0915. The normalized spacial score (nSPS) is 15.2. The van der Waals surface area contributed by atoms with E-state index in [9.17, 15) is 0 Å². The number of nitrogens with two attached hydrogens (primary N) is 1. The zero-order valence-corrected chi connectivity index (χ0v) is 15.7. The van der Waals surface area contributed by atoms with Crippen LogP contribution in [0.4, 0.5) is 22.7 Å². The molecule has 1 unspecified atom stereocenters. The number of fused-ring (bicyclic) bond motifs is 1. The van der Waals surface area contributed by atoms with Crippen molar-refractivity contribution in [1.82, 2.24) is 0 Å². The predicted octanol–water partition coefficient (Wildman–Crippen LogP) is 5.22. The molecule has 136 valence electrons. The van der Waals surface area contributed by atoms with Crippen LogP contribution in [0.5, 0.6) is 0 Å². The molecule has 1 atom stereocenters. The second-order valence-corrected chi connectivity index (χ2v) is 7.03. The van der Waals surface area contributed by atoms with Crippen molar-refractivity contribution in [2.24, 2.45) is 0 Å². The van der Waals surface area contributed by atoms with E-state index >= 15 is 0 Å². The van der Waals surface area contributed by atoms with Crippen LogP contribution >= 0.6 is 0 Å². The van der Waals surface area contributed by atoms with Gasteiger partial charge in [-0.1, -0.05) is 36.9 Å². The van der Waals surface area contributed by atoms with Gasteiger partial charge in [0.15, 0.2) is 0 Å². The molecule has 0 radical (unpaired) electrons. The lowest BCUT2D eigenvalue weighted by molar-refractivity contribution is 0.792. The van der Waals surface area contributed by atoms with Gasteiger partial charge in [0.2, 0.25) is 0 Å². The molecule has 0 aliphatic carbocycles. The third kappa shape index (κ3) is 3.34. The van der Waals surface area contributed by atoms with Crippen molar-refractivity contribution in [3.05, 3.63) is 90.0 Å². The molecule has 3 aromatic carbocycles. The van der Waals surface area contributed by atoms with Crippen LogP contribution < -0.4 is 21.3 Å². The molecule has 4 N–H and O–H groups in total. The van der Waals surface area contributed by atoms with E-state index in [1.165, 1.54) is 11.1 Å². The van der Waals surface area contributed by atoms with Crippen molar-refractivity contribution in [3.63, 3.8) is 0 Å². The number of nitrogens with zero attached hydrogens (tertiary/aromatic N) is 1.